The molecule has 3 nitrogen and oxygen atoms in total. The third-order valence-corrected chi connectivity index (χ3v) is 1.87. The van der Waals surface area contributed by atoms with Gasteiger partial charge in [-0.05, 0) is 20.9 Å². The molecule has 0 aliphatic carbocycles. The van der Waals surface area contributed by atoms with Gasteiger partial charge in [0.15, 0.2) is 0 Å². The van der Waals surface area contributed by atoms with Crippen LogP contribution in [0.5, 0.6) is 0 Å². The Morgan fingerprint density at radius 1 is 1.45 bits per heavy atom. The molecule has 0 bridgehead atoms. The molecule has 1 aliphatic heterocycles. The van der Waals surface area contributed by atoms with Crippen LogP contribution in [-0.2, 0) is 4.74 Å². The van der Waals surface area contributed by atoms with E-state index in [4.69, 9.17) is 4.74 Å². The van der Waals surface area contributed by atoms with E-state index in [9.17, 15) is 5.11 Å². The van der Waals surface area contributed by atoms with Crippen LogP contribution in [-0.4, -0.2) is 48.5 Å². The van der Waals surface area contributed by atoms with Gasteiger partial charge in [0.05, 0.1) is 18.3 Å². The lowest BCUT2D eigenvalue weighted by molar-refractivity contribution is -0.0394. The quantitative estimate of drug-likeness (QED) is 0.619. The van der Waals surface area contributed by atoms with Gasteiger partial charge in [0.1, 0.15) is 0 Å². The predicted molar refractivity (Wildman–Crippen MR) is 43.5 cm³/mol. The molecule has 1 aliphatic rings. The highest BCUT2D eigenvalue weighted by molar-refractivity contribution is 4.82. The Balaban J connectivity index is 2.34. The fraction of sp³-hybridized carbons (Fsp3) is 1.00. The minimum absolute atomic E-state index is 0.0139. The van der Waals surface area contributed by atoms with Gasteiger partial charge >= 0.3 is 0 Å². The van der Waals surface area contributed by atoms with Gasteiger partial charge in [0.2, 0.25) is 0 Å². The second-order valence-electron chi connectivity index (χ2n) is 3.51. The largest absolute Gasteiger partial charge is 0.389 e. The summed E-state index contributed by atoms with van der Waals surface area (Å²) in [6.07, 6.45) is -0.0800. The van der Waals surface area contributed by atoms with E-state index in [1.807, 2.05) is 20.9 Å². The second-order valence-corrected chi connectivity index (χ2v) is 3.51. The number of likely N-dealkylation sites (N-methyl/N-ethyl adjacent to an activating group) is 1. The molecule has 0 radical (unpaired) electrons. The third kappa shape index (κ3) is 2.43. The first-order valence-corrected chi connectivity index (χ1v) is 4.11. The number of likely N-dealkylation sites (tertiary alicyclic amines) is 1. The zero-order valence-corrected chi connectivity index (χ0v) is 7.45. The molecular formula is C8H17NO2. The van der Waals surface area contributed by atoms with E-state index in [0.717, 1.165) is 13.1 Å². The van der Waals surface area contributed by atoms with Crippen LogP contribution in [0.3, 0.4) is 0 Å². The molecule has 0 aromatic rings. The van der Waals surface area contributed by atoms with E-state index in [0.29, 0.717) is 0 Å². The number of aliphatic hydroxyl groups is 1. The van der Waals surface area contributed by atoms with Crippen LogP contribution in [0.4, 0.5) is 0 Å². The van der Waals surface area contributed by atoms with Gasteiger partial charge in [-0.1, -0.05) is 0 Å². The van der Waals surface area contributed by atoms with Crippen LogP contribution >= 0.6 is 0 Å². The molecule has 1 heterocycles. The molecule has 0 saturated carbocycles. The Labute approximate surface area is 68.0 Å². The van der Waals surface area contributed by atoms with Crippen molar-refractivity contribution in [1.82, 2.24) is 4.90 Å². The maximum atomic E-state index is 9.44. The Bertz CT molecular complexity index is 127. The van der Waals surface area contributed by atoms with Gasteiger partial charge in [-0.25, -0.2) is 0 Å². The highest BCUT2D eigenvalue weighted by Crippen LogP contribution is 2.12. The van der Waals surface area contributed by atoms with Crippen LogP contribution in [0.25, 0.3) is 0 Å². The maximum Gasteiger partial charge on any atom is 0.0976 e. The van der Waals surface area contributed by atoms with Gasteiger partial charge in [0, 0.05) is 13.1 Å². The van der Waals surface area contributed by atoms with Gasteiger partial charge in [-0.15, -0.1) is 0 Å². The molecule has 0 aromatic carbocycles. The lowest BCUT2D eigenvalue weighted by atomic mass is 10.2. The van der Waals surface area contributed by atoms with Crippen molar-refractivity contribution in [2.75, 3.05) is 20.1 Å². The first kappa shape index (κ1) is 8.97. The monoisotopic (exact) mass is 159 g/mol. The zero-order valence-electron chi connectivity index (χ0n) is 7.45. The summed E-state index contributed by atoms with van der Waals surface area (Å²) in [7, 11) is 1.99. The summed E-state index contributed by atoms with van der Waals surface area (Å²) < 4.78 is 5.50. The SMILES string of the molecule is CC(C)O[C@@H]1CN(C)C[C@H]1O. The number of hydrogen-bond acceptors (Lipinski definition) is 3. The zero-order chi connectivity index (χ0) is 8.43. The Kier molecular flexibility index (Phi) is 2.87. The molecule has 66 valence electrons. The fourth-order valence-corrected chi connectivity index (χ4v) is 1.42. The summed E-state index contributed by atoms with van der Waals surface area (Å²) >= 11 is 0. The highest BCUT2D eigenvalue weighted by atomic mass is 16.5. The first-order chi connectivity index (χ1) is 5.09. The Morgan fingerprint density at radius 3 is 2.45 bits per heavy atom. The maximum absolute atomic E-state index is 9.44. The summed E-state index contributed by atoms with van der Waals surface area (Å²) in [5.41, 5.74) is 0. The summed E-state index contributed by atoms with van der Waals surface area (Å²) in [6.45, 7) is 5.56. The van der Waals surface area contributed by atoms with Crippen molar-refractivity contribution in [1.29, 1.82) is 0 Å². The van der Waals surface area contributed by atoms with Crippen LogP contribution in [0.2, 0.25) is 0 Å². The molecule has 1 N–H and O–H groups in total. The predicted octanol–water partition coefficient (Wildman–Crippen LogP) is 0.0863. The van der Waals surface area contributed by atoms with Gasteiger partial charge in [-0.3, -0.25) is 0 Å². The van der Waals surface area contributed by atoms with Gasteiger partial charge in [-0.2, -0.15) is 0 Å². The Morgan fingerprint density at radius 2 is 2.09 bits per heavy atom. The molecule has 1 saturated heterocycles. The van der Waals surface area contributed by atoms with E-state index < -0.39 is 0 Å². The molecule has 0 unspecified atom stereocenters. The minimum Gasteiger partial charge on any atom is -0.389 e. The van der Waals surface area contributed by atoms with Crippen molar-refractivity contribution >= 4 is 0 Å². The lowest BCUT2D eigenvalue weighted by Gasteiger charge is -2.17. The summed E-state index contributed by atoms with van der Waals surface area (Å²) in [5, 5.41) is 9.44. The third-order valence-electron chi connectivity index (χ3n) is 1.87. The van der Waals surface area contributed by atoms with E-state index in [1.54, 1.807) is 0 Å². The van der Waals surface area contributed by atoms with E-state index >= 15 is 0 Å². The minimum atomic E-state index is -0.303. The van der Waals surface area contributed by atoms with Gasteiger partial charge in [0.25, 0.3) is 0 Å². The summed E-state index contributed by atoms with van der Waals surface area (Å²) in [5.74, 6) is 0. The lowest BCUT2D eigenvalue weighted by Crippen LogP contribution is -2.29. The van der Waals surface area contributed by atoms with Crippen molar-refractivity contribution in [2.24, 2.45) is 0 Å². The molecule has 2 atom stereocenters. The Hall–Kier alpha value is -0.120. The number of nitrogens with zero attached hydrogens (tertiary/aromatic N) is 1. The number of hydrogen-bond donors (Lipinski definition) is 1. The van der Waals surface area contributed by atoms with Crippen molar-refractivity contribution in [3.05, 3.63) is 0 Å². The topological polar surface area (TPSA) is 32.7 Å². The average Bonchev–Trinajstić information content (AvgIpc) is 2.09. The van der Waals surface area contributed by atoms with E-state index in [2.05, 4.69) is 4.90 Å². The van der Waals surface area contributed by atoms with Crippen LogP contribution in [0.1, 0.15) is 13.8 Å². The standard InChI is InChI=1S/C8H17NO2/c1-6(2)11-8-5-9(3)4-7(8)10/h6-8,10H,4-5H2,1-3H3/t7-,8-/m1/s1. The van der Waals surface area contributed by atoms with E-state index in [-0.39, 0.29) is 18.3 Å². The van der Waals surface area contributed by atoms with Crippen molar-refractivity contribution in [2.45, 2.75) is 32.2 Å². The van der Waals surface area contributed by atoms with Gasteiger partial charge < -0.3 is 14.7 Å². The highest BCUT2D eigenvalue weighted by Gasteiger charge is 2.30. The van der Waals surface area contributed by atoms with Crippen LogP contribution in [0, 0.1) is 0 Å². The number of ether oxygens (including phenoxy) is 1. The van der Waals surface area contributed by atoms with Crippen molar-refractivity contribution in [3.63, 3.8) is 0 Å². The van der Waals surface area contributed by atoms with E-state index in [1.165, 1.54) is 0 Å². The number of rotatable bonds is 2. The molecule has 11 heavy (non-hydrogen) atoms. The van der Waals surface area contributed by atoms with Crippen molar-refractivity contribution < 1.29 is 9.84 Å². The number of aliphatic hydroxyl groups excluding tert-OH is 1. The first-order valence-electron chi connectivity index (χ1n) is 4.11. The second kappa shape index (κ2) is 3.52. The molecule has 1 rings (SSSR count). The smallest absolute Gasteiger partial charge is 0.0976 e. The fourth-order valence-electron chi connectivity index (χ4n) is 1.42. The number of β-amino-alcohol motifs (C(OH)–C–C–N with tert-alkyl or cyclic N) is 1. The normalized spacial score (nSPS) is 33.5. The summed E-state index contributed by atoms with van der Waals surface area (Å²) in [6, 6.07) is 0. The molecular weight excluding hydrogens is 142 g/mol. The average molecular weight is 159 g/mol. The molecule has 0 amide bonds. The molecule has 1 fully saturated rings. The van der Waals surface area contributed by atoms with Crippen LogP contribution in [0.15, 0.2) is 0 Å². The molecule has 0 spiro atoms. The van der Waals surface area contributed by atoms with Crippen LogP contribution < -0.4 is 0 Å². The van der Waals surface area contributed by atoms with Crippen molar-refractivity contribution in [3.8, 4) is 0 Å². The summed E-state index contributed by atoms with van der Waals surface area (Å²) in [4.78, 5) is 2.08. The molecule has 0 aromatic heterocycles. The molecule has 3 heteroatoms.